The maximum atomic E-state index is 8.41. The third-order valence-corrected chi connectivity index (χ3v) is 2.35. The molecule has 0 saturated carbocycles. The van der Waals surface area contributed by atoms with Gasteiger partial charge in [0.25, 0.3) is 0 Å². The predicted molar refractivity (Wildman–Crippen MR) is 58.0 cm³/mol. The fraction of sp³-hybridized carbons (Fsp3) is 0.417. The van der Waals surface area contributed by atoms with Crippen LogP contribution in [0.3, 0.4) is 0 Å². The van der Waals surface area contributed by atoms with Gasteiger partial charge in [-0.15, -0.1) is 0 Å². The second-order valence-corrected chi connectivity index (χ2v) is 3.64. The number of aryl methyl sites for hydroxylation is 3. The van der Waals surface area contributed by atoms with Crippen LogP contribution in [0, 0.1) is 32.1 Å². The van der Waals surface area contributed by atoms with E-state index < -0.39 is 0 Å². The smallest absolute Gasteiger partial charge is 0.0843 e. The summed E-state index contributed by atoms with van der Waals surface area (Å²) >= 11 is 0. The van der Waals surface area contributed by atoms with Gasteiger partial charge in [0, 0.05) is 6.54 Å². The highest BCUT2D eigenvalue weighted by molar-refractivity contribution is 5.37. The summed E-state index contributed by atoms with van der Waals surface area (Å²) in [6.07, 6.45) is 0. The standard InChI is InChI=1S/C12H16N2/c1-9-6-10(2)12(11(3)7-9)8-14-5-4-13/h6-7,14H,5,8H2,1-3H3. The Bertz CT molecular complexity index is 338. The van der Waals surface area contributed by atoms with Crippen LogP contribution in [-0.4, -0.2) is 6.54 Å². The second kappa shape index (κ2) is 4.78. The van der Waals surface area contributed by atoms with Crippen LogP contribution < -0.4 is 5.32 Å². The van der Waals surface area contributed by atoms with Gasteiger partial charge in [-0.25, -0.2) is 0 Å². The van der Waals surface area contributed by atoms with E-state index in [9.17, 15) is 0 Å². The van der Waals surface area contributed by atoms with Crippen molar-refractivity contribution < 1.29 is 0 Å². The number of hydrogen-bond donors (Lipinski definition) is 1. The molecule has 1 rings (SSSR count). The van der Waals surface area contributed by atoms with Gasteiger partial charge in [-0.05, 0) is 37.5 Å². The van der Waals surface area contributed by atoms with Gasteiger partial charge in [-0.2, -0.15) is 5.26 Å². The van der Waals surface area contributed by atoms with Gasteiger partial charge in [0.15, 0.2) is 0 Å². The highest BCUT2D eigenvalue weighted by atomic mass is 14.8. The number of nitrogens with one attached hydrogen (secondary N) is 1. The third-order valence-electron chi connectivity index (χ3n) is 2.35. The largest absolute Gasteiger partial charge is 0.300 e. The normalized spacial score (nSPS) is 9.86. The van der Waals surface area contributed by atoms with Crippen LogP contribution in [0.25, 0.3) is 0 Å². The number of rotatable bonds is 3. The van der Waals surface area contributed by atoms with Gasteiger partial charge < -0.3 is 5.32 Å². The lowest BCUT2D eigenvalue weighted by atomic mass is 10.00. The van der Waals surface area contributed by atoms with Crippen LogP contribution in [-0.2, 0) is 6.54 Å². The zero-order valence-corrected chi connectivity index (χ0v) is 9.02. The van der Waals surface area contributed by atoms with Gasteiger partial charge in [0.2, 0.25) is 0 Å². The molecule has 0 fully saturated rings. The summed E-state index contributed by atoms with van der Waals surface area (Å²) in [5.41, 5.74) is 5.20. The van der Waals surface area contributed by atoms with Crippen LogP contribution in [0.15, 0.2) is 12.1 Å². The Labute approximate surface area is 85.6 Å². The topological polar surface area (TPSA) is 35.8 Å². The van der Waals surface area contributed by atoms with Crippen molar-refractivity contribution in [2.45, 2.75) is 27.3 Å². The Balaban J connectivity index is 2.81. The fourth-order valence-corrected chi connectivity index (χ4v) is 1.73. The van der Waals surface area contributed by atoms with Gasteiger partial charge in [0.05, 0.1) is 12.6 Å². The zero-order chi connectivity index (χ0) is 10.6. The molecular weight excluding hydrogens is 172 g/mol. The van der Waals surface area contributed by atoms with Crippen molar-refractivity contribution in [3.63, 3.8) is 0 Å². The molecule has 0 aliphatic carbocycles. The molecule has 2 heteroatoms. The lowest BCUT2D eigenvalue weighted by molar-refractivity contribution is 0.756. The Kier molecular flexibility index (Phi) is 3.67. The molecule has 2 nitrogen and oxygen atoms in total. The average Bonchev–Trinajstić information content (AvgIpc) is 2.09. The molecule has 0 heterocycles. The van der Waals surface area contributed by atoms with E-state index in [0.29, 0.717) is 6.54 Å². The highest BCUT2D eigenvalue weighted by Gasteiger charge is 2.02. The average molecular weight is 188 g/mol. The molecule has 0 spiro atoms. The van der Waals surface area contributed by atoms with Crippen molar-refractivity contribution in [1.82, 2.24) is 5.32 Å². The zero-order valence-electron chi connectivity index (χ0n) is 9.02. The molecule has 0 bridgehead atoms. The predicted octanol–water partition coefficient (Wildman–Crippen LogP) is 2.23. The van der Waals surface area contributed by atoms with Gasteiger partial charge >= 0.3 is 0 Å². The molecule has 0 atom stereocenters. The Morgan fingerprint density at radius 2 is 1.79 bits per heavy atom. The summed E-state index contributed by atoms with van der Waals surface area (Å²) in [5, 5.41) is 11.5. The van der Waals surface area contributed by atoms with E-state index in [1.54, 1.807) is 0 Å². The molecular formula is C12H16N2. The molecule has 0 unspecified atom stereocenters. The maximum absolute atomic E-state index is 8.41. The summed E-state index contributed by atoms with van der Waals surface area (Å²) in [6, 6.07) is 6.43. The minimum Gasteiger partial charge on any atom is -0.300 e. The lowest BCUT2D eigenvalue weighted by Gasteiger charge is -2.10. The number of benzene rings is 1. The Morgan fingerprint density at radius 1 is 1.21 bits per heavy atom. The lowest BCUT2D eigenvalue weighted by Crippen LogP contribution is -2.15. The van der Waals surface area contributed by atoms with Crippen LogP contribution >= 0.6 is 0 Å². The first-order valence-corrected chi connectivity index (χ1v) is 4.79. The van der Waals surface area contributed by atoms with Gasteiger partial charge in [-0.3, -0.25) is 0 Å². The first-order chi connectivity index (χ1) is 6.65. The van der Waals surface area contributed by atoms with Crippen molar-refractivity contribution in [3.8, 4) is 6.07 Å². The van der Waals surface area contributed by atoms with Gasteiger partial charge in [0.1, 0.15) is 0 Å². The van der Waals surface area contributed by atoms with Crippen molar-refractivity contribution in [2.24, 2.45) is 0 Å². The maximum Gasteiger partial charge on any atom is 0.0843 e. The van der Waals surface area contributed by atoms with Crippen LogP contribution in [0.5, 0.6) is 0 Å². The molecule has 0 radical (unpaired) electrons. The Morgan fingerprint density at radius 3 is 2.29 bits per heavy atom. The van der Waals surface area contributed by atoms with Crippen LogP contribution in [0.2, 0.25) is 0 Å². The van der Waals surface area contributed by atoms with E-state index in [1.165, 1.54) is 22.3 Å². The quantitative estimate of drug-likeness (QED) is 0.583. The van der Waals surface area contributed by atoms with E-state index in [4.69, 9.17) is 5.26 Å². The monoisotopic (exact) mass is 188 g/mol. The SMILES string of the molecule is Cc1cc(C)c(CNCC#N)c(C)c1. The van der Waals surface area contributed by atoms with Crippen LogP contribution in [0.1, 0.15) is 22.3 Å². The first-order valence-electron chi connectivity index (χ1n) is 4.79. The Hall–Kier alpha value is -1.33. The number of nitrogens with zero attached hydrogens (tertiary/aromatic N) is 1. The van der Waals surface area contributed by atoms with E-state index >= 15 is 0 Å². The number of nitriles is 1. The summed E-state index contributed by atoms with van der Waals surface area (Å²) < 4.78 is 0. The van der Waals surface area contributed by atoms with E-state index in [-0.39, 0.29) is 0 Å². The molecule has 1 aromatic rings. The summed E-state index contributed by atoms with van der Waals surface area (Å²) in [4.78, 5) is 0. The first kappa shape index (κ1) is 10.7. The molecule has 0 aliphatic heterocycles. The molecule has 0 saturated heterocycles. The second-order valence-electron chi connectivity index (χ2n) is 3.64. The van der Waals surface area contributed by atoms with Crippen molar-refractivity contribution in [1.29, 1.82) is 5.26 Å². The molecule has 14 heavy (non-hydrogen) atoms. The van der Waals surface area contributed by atoms with Crippen molar-refractivity contribution in [2.75, 3.05) is 6.54 Å². The summed E-state index contributed by atoms with van der Waals surface area (Å²) in [7, 11) is 0. The molecule has 1 N–H and O–H groups in total. The molecule has 0 aliphatic rings. The van der Waals surface area contributed by atoms with Crippen LogP contribution in [0.4, 0.5) is 0 Å². The van der Waals surface area contributed by atoms with Crippen molar-refractivity contribution >= 4 is 0 Å². The van der Waals surface area contributed by atoms with E-state index in [2.05, 4.69) is 44.3 Å². The molecule has 74 valence electrons. The highest BCUT2D eigenvalue weighted by Crippen LogP contribution is 2.15. The van der Waals surface area contributed by atoms with Gasteiger partial charge in [-0.1, -0.05) is 17.7 Å². The molecule has 0 amide bonds. The summed E-state index contributed by atoms with van der Waals surface area (Å²) in [5.74, 6) is 0. The summed E-state index contributed by atoms with van der Waals surface area (Å²) in [6.45, 7) is 7.53. The number of hydrogen-bond acceptors (Lipinski definition) is 2. The molecule has 0 aromatic heterocycles. The van der Waals surface area contributed by atoms with E-state index in [1.807, 2.05) is 0 Å². The fourth-order valence-electron chi connectivity index (χ4n) is 1.73. The van der Waals surface area contributed by atoms with E-state index in [0.717, 1.165) is 6.54 Å². The minimum absolute atomic E-state index is 0.409. The third kappa shape index (κ3) is 2.58. The minimum atomic E-state index is 0.409. The van der Waals surface area contributed by atoms with Crippen molar-refractivity contribution in [3.05, 3.63) is 34.4 Å². The molecule has 1 aromatic carbocycles.